The van der Waals surface area contributed by atoms with E-state index in [4.69, 9.17) is 18.0 Å². The quantitative estimate of drug-likeness (QED) is 0.840. The highest BCUT2D eigenvalue weighted by Crippen LogP contribution is 2.21. The van der Waals surface area contributed by atoms with Crippen molar-refractivity contribution in [3.05, 3.63) is 53.6 Å². The molecule has 21 heavy (non-hydrogen) atoms. The molecule has 0 aliphatic rings. The van der Waals surface area contributed by atoms with Crippen LogP contribution in [-0.2, 0) is 10.0 Å². The highest BCUT2D eigenvalue weighted by Gasteiger charge is 2.22. The Kier molecular flexibility index (Phi) is 4.19. The van der Waals surface area contributed by atoms with E-state index in [0.717, 1.165) is 5.56 Å². The van der Waals surface area contributed by atoms with E-state index < -0.39 is 15.8 Å². The van der Waals surface area contributed by atoms with Crippen LogP contribution >= 0.6 is 12.2 Å². The number of thiocarbonyl (C=S) groups is 1. The second-order valence-corrected chi connectivity index (χ2v) is 6.39. The van der Waals surface area contributed by atoms with Crippen LogP contribution in [0.15, 0.2) is 41.4 Å². The van der Waals surface area contributed by atoms with Crippen molar-refractivity contribution >= 4 is 32.9 Å². The number of nitrogens with one attached hydrogen (secondary N) is 1. The van der Waals surface area contributed by atoms with Gasteiger partial charge in [0.1, 0.15) is 21.4 Å². The molecular formula is C13H12FN3O2S2. The van der Waals surface area contributed by atoms with Gasteiger partial charge in [-0.05, 0) is 36.8 Å². The average Bonchev–Trinajstić information content (AvgIpc) is 2.42. The van der Waals surface area contributed by atoms with Gasteiger partial charge in [0.25, 0.3) is 10.0 Å². The predicted molar refractivity (Wildman–Crippen MR) is 82.1 cm³/mol. The maximum Gasteiger partial charge on any atom is 0.264 e. The topological polar surface area (TPSA) is 85.1 Å². The lowest BCUT2D eigenvalue weighted by atomic mass is 10.2. The molecule has 8 heteroatoms. The summed E-state index contributed by atoms with van der Waals surface area (Å²) < 4.78 is 40.6. The molecule has 0 aliphatic heterocycles. The fourth-order valence-electron chi connectivity index (χ4n) is 1.71. The molecule has 0 unspecified atom stereocenters. The smallest absolute Gasteiger partial charge is 0.264 e. The summed E-state index contributed by atoms with van der Waals surface area (Å²) in [5, 5.41) is 0. The average molecular weight is 325 g/mol. The molecule has 3 N–H and O–H groups in total. The summed E-state index contributed by atoms with van der Waals surface area (Å²) in [6.45, 7) is 1.72. The van der Waals surface area contributed by atoms with Crippen molar-refractivity contribution < 1.29 is 12.8 Å². The zero-order valence-corrected chi connectivity index (χ0v) is 12.6. The zero-order chi connectivity index (χ0) is 15.6. The van der Waals surface area contributed by atoms with Gasteiger partial charge in [-0.25, -0.2) is 12.8 Å². The molecule has 1 heterocycles. The van der Waals surface area contributed by atoms with Crippen LogP contribution in [0.4, 0.5) is 10.1 Å². The van der Waals surface area contributed by atoms with E-state index in [1.54, 1.807) is 6.92 Å². The molecule has 0 radical (unpaired) electrons. The molecule has 0 aliphatic carbocycles. The van der Waals surface area contributed by atoms with Gasteiger partial charge in [-0.2, -0.15) is 0 Å². The van der Waals surface area contributed by atoms with E-state index in [2.05, 4.69) is 9.71 Å². The van der Waals surface area contributed by atoms with E-state index in [1.165, 1.54) is 36.5 Å². The Balaban J connectivity index is 2.49. The molecule has 0 spiro atoms. The molecule has 1 aromatic heterocycles. The molecule has 2 aromatic rings. The van der Waals surface area contributed by atoms with Crippen molar-refractivity contribution in [2.45, 2.75) is 11.8 Å². The van der Waals surface area contributed by atoms with Gasteiger partial charge in [-0.15, -0.1) is 0 Å². The number of halogens is 1. The van der Waals surface area contributed by atoms with E-state index >= 15 is 0 Å². The van der Waals surface area contributed by atoms with Crippen LogP contribution in [0.1, 0.15) is 11.3 Å². The fraction of sp³-hybridized carbons (Fsp3) is 0.0769. The summed E-state index contributed by atoms with van der Waals surface area (Å²) in [7, 11) is -4.05. The SMILES string of the molecule is Cc1ccc(F)c(NS(=O)(=O)c2cccnc2C(N)=S)c1. The van der Waals surface area contributed by atoms with Gasteiger partial charge < -0.3 is 5.73 Å². The molecule has 0 saturated heterocycles. The first-order chi connectivity index (χ1) is 9.81. The molecule has 0 fully saturated rings. The highest BCUT2D eigenvalue weighted by molar-refractivity contribution is 7.93. The van der Waals surface area contributed by atoms with Crippen molar-refractivity contribution in [2.24, 2.45) is 5.73 Å². The van der Waals surface area contributed by atoms with Crippen molar-refractivity contribution in [2.75, 3.05) is 4.72 Å². The standard InChI is InChI=1S/C13H12FN3O2S2/c1-8-4-5-9(14)10(7-8)17-21(18,19)11-3-2-6-16-12(11)13(15)20/h2-7,17H,1H3,(H2,15,20). The Morgan fingerprint density at radius 1 is 1.38 bits per heavy atom. The minimum absolute atomic E-state index is 0.0342. The maximum absolute atomic E-state index is 13.7. The number of hydrogen-bond acceptors (Lipinski definition) is 4. The second kappa shape index (κ2) is 5.74. The lowest BCUT2D eigenvalue weighted by Gasteiger charge is -2.11. The van der Waals surface area contributed by atoms with Gasteiger partial charge in [-0.3, -0.25) is 9.71 Å². The zero-order valence-electron chi connectivity index (χ0n) is 11.0. The van der Waals surface area contributed by atoms with E-state index in [-0.39, 0.29) is 21.3 Å². The Bertz CT molecular complexity index is 807. The van der Waals surface area contributed by atoms with Gasteiger partial charge in [-0.1, -0.05) is 18.3 Å². The summed E-state index contributed by atoms with van der Waals surface area (Å²) in [5.41, 5.74) is 6.00. The van der Waals surface area contributed by atoms with E-state index in [9.17, 15) is 12.8 Å². The van der Waals surface area contributed by atoms with Crippen molar-refractivity contribution in [3.63, 3.8) is 0 Å². The minimum Gasteiger partial charge on any atom is -0.388 e. The monoisotopic (exact) mass is 325 g/mol. The number of benzene rings is 1. The molecular weight excluding hydrogens is 313 g/mol. The largest absolute Gasteiger partial charge is 0.388 e. The molecule has 1 aromatic carbocycles. The number of sulfonamides is 1. The highest BCUT2D eigenvalue weighted by atomic mass is 32.2. The molecule has 110 valence electrons. The number of rotatable bonds is 4. The van der Waals surface area contributed by atoms with Crippen molar-refractivity contribution in [3.8, 4) is 0 Å². The number of pyridine rings is 1. The van der Waals surface area contributed by atoms with Crippen LogP contribution in [-0.4, -0.2) is 18.4 Å². The van der Waals surface area contributed by atoms with Gasteiger partial charge in [0.2, 0.25) is 0 Å². The van der Waals surface area contributed by atoms with Crippen LogP contribution in [0.2, 0.25) is 0 Å². The predicted octanol–water partition coefficient (Wildman–Crippen LogP) is 1.96. The summed E-state index contributed by atoms with van der Waals surface area (Å²) in [6.07, 6.45) is 1.38. The van der Waals surface area contributed by atoms with Crippen molar-refractivity contribution in [1.29, 1.82) is 0 Å². The third kappa shape index (κ3) is 3.34. The number of anilines is 1. The number of aryl methyl sites for hydroxylation is 1. The van der Waals surface area contributed by atoms with Crippen LogP contribution in [0.3, 0.4) is 0 Å². The Hall–Kier alpha value is -2.06. The first-order valence-corrected chi connectivity index (χ1v) is 7.74. The third-order valence-electron chi connectivity index (χ3n) is 2.66. The molecule has 0 bridgehead atoms. The molecule has 0 atom stereocenters. The van der Waals surface area contributed by atoms with Crippen LogP contribution in [0.5, 0.6) is 0 Å². The van der Waals surface area contributed by atoms with Gasteiger partial charge in [0, 0.05) is 6.20 Å². The number of hydrogen-bond donors (Lipinski definition) is 2. The Labute approximate surface area is 127 Å². The first kappa shape index (κ1) is 15.3. The summed E-state index contributed by atoms with van der Waals surface area (Å²) >= 11 is 4.78. The number of nitrogens with zero attached hydrogens (tertiary/aromatic N) is 1. The first-order valence-electron chi connectivity index (χ1n) is 5.85. The van der Waals surface area contributed by atoms with Gasteiger partial charge in [0.05, 0.1) is 5.69 Å². The molecule has 5 nitrogen and oxygen atoms in total. The van der Waals surface area contributed by atoms with E-state index in [1.807, 2.05) is 0 Å². The summed E-state index contributed by atoms with van der Waals surface area (Å²) in [5.74, 6) is -0.676. The molecule has 0 amide bonds. The second-order valence-electron chi connectivity index (χ2n) is 4.30. The maximum atomic E-state index is 13.7. The van der Waals surface area contributed by atoms with E-state index in [0.29, 0.717) is 0 Å². The lowest BCUT2D eigenvalue weighted by molar-refractivity contribution is 0.598. The molecule has 2 rings (SSSR count). The lowest BCUT2D eigenvalue weighted by Crippen LogP contribution is -2.21. The number of aromatic nitrogens is 1. The van der Waals surface area contributed by atoms with Crippen LogP contribution < -0.4 is 10.5 Å². The van der Waals surface area contributed by atoms with Crippen molar-refractivity contribution in [1.82, 2.24) is 4.98 Å². The summed E-state index contributed by atoms with van der Waals surface area (Å²) in [6, 6.07) is 6.85. The van der Waals surface area contributed by atoms with Gasteiger partial charge >= 0.3 is 0 Å². The summed E-state index contributed by atoms with van der Waals surface area (Å²) in [4.78, 5) is 3.50. The van der Waals surface area contributed by atoms with Gasteiger partial charge in [0.15, 0.2) is 0 Å². The van der Waals surface area contributed by atoms with Crippen LogP contribution in [0, 0.1) is 12.7 Å². The van der Waals surface area contributed by atoms with Crippen LogP contribution in [0.25, 0.3) is 0 Å². The number of nitrogens with two attached hydrogens (primary N) is 1. The normalized spacial score (nSPS) is 11.1. The minimum atomic E-state index is -4.05. The Morgan fingerprint density at radius 3 is 2.76 bits per heavy atom. The Morgan fingerprint density at radius 2 is 2.10 bits per heavy atom. The fourth-order valence-corrected chi connectivity index (χ4v) is 3.17. The molecule has 0 saturated carbocycles. The third-order valence-corrected chi connectivity index (χ3v) is 4.25.